The summed E-state index contributed by atoms with van der Waals surface area (Å²) in [6.07, 6.45) is 3.25. The summed E-state index contributed by atoms with van der Waals surface area (Å²) in [7, 11) is 0. The number of rotatable bonds is 4. The van der Waals surface area contributed by atoms with E-state index in [2.05, 4.69) is 10.4 Å². The van der Waals surface area contributed by atoms with E-state index in [1.807, 2.05) is 22.6 Å². The van der Waals surface area contributed by atoms with Crippen molar-refractivity contribution in [3.63, 3.8) is 0 Å². The fourth-order valence-electron chi connectivity index (χ4n) is 3.44. The Hall–Kier alpha value is -1.89. The van der Waals surface area contributed by atoms with Gasteiger partial charge in [0, 0.05) is 12.5 Å². The van der Waals surface area contributed by atoms with Crippen molar-refractivity contribution in [2.24, 2.45) is 11.3 Å². The second kappa shape index (κ2) is 5.88. The summed E-state index contributed by atoms with van der Waals surface area (Å²) >= 11 is 0. The normalized spacial score (nSPS) is 22.3. The van der Waals surface area contributed by atoms with Gasteiger partial charge in [-0.05, 0) is 25.8 Å². The molecule has 0 radical (unpaired) electrons. The third kappa shape index (κ3) is 2.70. The lowest BCUT2D eigenvalue weighted by atomic mass is 9.84. The molecule has 7 heteroatoms. The van der Waals surface area contributed by atoms with Crippen molar-refractivity contribution in [2.45, 2.75) is 45.8 Å². The molecule has 0 bridgehead atoms. The van der Waals surface area contributed by atoms with Crippen molar-refractivity contribution in [1.82, 2.24) is 20.0 Å². The second-order valence-electron chi connectivity index (χ2n) is 7.47. The van der Waals surface area contributed by atoms with Gasteiger partial charge in [0.2, 0.25) is 11.8 Å². The molecule has 0 spiro atoms. The van der Waals surface area contributed by atoms with Gasteiger partial charge in [-0.3, -0.25) is 14.3 Å². The first kappa shape index (κ1) is 15.6. The van der Waals surface area contributed by atoms with E-state index < -0.39 is 5.41 Å². The first-order chi connectivity index (χ1) is 11.5. The van der Waals surface area contributed by atoms with E-state index >= 15 is 0 Å². The van der Waals surface area contributed by atoms with Gasteiger partial charge >= 0.3 is 0 Å². The summed E-state index contributed by atoms with van der Waals surface area (Å²) in [6, 6.07) is 2.00. The number of carbonyl (C=O) groups excluding carboxylic acids is 2. The molecule has 1 aromatic rings. The Morgan fingerprint density at radius 1 is 1.38 bits per heavy atom. The van der Waals surface area contributed by atoms with Crippen molar-refractivity contribution in [1.29, 1.82) is 0 Å². The summed E-state index contributed by atoms with van der Waals surface area (Å²) < 4.78 is 7.09. The molecule has 7 nitrogen and oxygen atoms in total. The van der Waals surface area contributed by atoms with Crippen LogP contribution in [-0.4, -0.2) is 46.3 Å². The molecule has 1 saturated carbocycles. The smallest absolute Gasteiger partial charge is 0.230 e. The van der Waals surface area contributed by atoms with Gasteiger partial charge in [0.25, 0.3) is 0 Å². The van der Waals surface area contributed by atoms with Gasteiger partial charge in [0.15, 0.2) is 0 Å². The predicted molar refractivity (Wildman–Crippen MR) is 85.8 cm³/mol. The zero-order valence-corrected chi connectivity index (χ0v) is 14.1. The lowest BCUT2D eigenvalue weighted by Gasteiger charge is -2.36. The van der Waals surface area contributed by atoms with E-state index in [4.69, 9.17) is 4.74 Å². The van der Waals surface area contributed by atoms with Gasteiger partial charge in [-0.25, -0.2) is 0 Å². The van der Waals surface area contributed by atoms with Crippen molar-refractivity contribution >= 4 is 11.8 Å². The number of hydrogen-bond donors (Lipinski definition) is 1. The van der Waals surface area contributed by atoms with Gasteiger partial charge < -0.3 is 15.0 Å². The molecule has 3 aliphatic rings. The molecule has 24 heavy (non-hydrogen) atoms. The molecule has 4 rings (SSSR count). The molecule has 0 atom stereocenters. The second-order valence-corrected chi connectivity index (χ2v) is 7.47. The van der Waals surface area contributed by atoms with E-state index in [1.165, 1.54) is 6.42 Å². The summed E-state index contributed by atoms with van der Waals surface area (Å²) in [5, 5.41) is 7.50. The van der Waals surface area contributed by atoms with E-state index in [1.54, 1.807) is 0 Å². The number of carbonyl (C=O) groups is 2. The Morgan fingerprint density at radius 2 is 2.17 bits per heavy atom. The number of ether oxygens (including phenoxy) is 1. The van der Waals surface area contributed by atoms with E-state index in [-0.39, 0.29) is 11.8 Å². The largest absolute Gasteiger partial charge is 0.379 e. The molecule has 130 valence electrons. The van der Waals surface area contributed by atoms with Gasteiger partial charge in [0.1, 0.15) is 0 Å². The maximum absolute atomic E-state index is 12.4. The highest BCUT2D eigenvalue weighted by molar-refractivity contribution is 5.83. The highest BCUT2D eigenvalue weighted by Gasteiger charge is 2.41. The topological polar surface area (TPSA) is 76.5 Å². The summed E-state index contributed by atoms with van der Waals surface area (Å²) in [4.78, 5) is 26.5. The quantitative estimate of drug-likeness (QED) is 0.880. The summed E-state index contributed by atoms with van der Waals surface area (Å²) in [6.45, 7) is 5.38. The zero-order chi connectivity index (χ0) is 16.7. The first-order valence-corrected chi connectivity index (χ1v) is 8.76. The highest BCUT2D eigenvalue weighted by Crippen LogP contribution is 2.30. The van der Waals surface area contributed by atoms with Crippen molar-refractivity contribution in [2.75, 3.05) is 19.8 Å². The van der Waals surface area contributed by atoms with Crippen LogP contribution in [0.15, 0.2) is 6.07 Å². The number of amides is 2. The molecule has 0 unspecified atom stereocenters. The van der Waals surface area contributed by atoms with Crippen molar-refractivity contribution in [3.8, 4) is 0 Å². The monoisotopic (exact) mass is 332 g/mol. The molecule has 2 aliphatic heterocycles. The van der Waals surface area contributed by atoms with Crippen LogP contribution in [0.4, 0.5) is 0 Å². The Labute approximate surface area is 141 Å². The van der Waals surface area contributed by atoms with Crippen LogP contribution in [-0.2, 0) is 34.0 Å². The highest BCUT2D eigenvalue weighted by atomic mass is 16.5. The van der Waals surface area contributed by atoms with Crippen molar-refractivity contribution in [3.05, 3.63) is 17.5 Å². The maximum atomic E-state index is 12.4. The number of nitrogens with zero attached hydrogens (tertiary/aromatic N) is 3. The first-order valence-electron chi connectivity index (χ1n) is 8.76. The van der Waals surface area contributed by atoms with Crippen LogP contribution in [0.25, 0.3) is 0 Å². The van der Waals surface area contributed by atoms with E-state index in [9.17, 15) is 9.59 Å². The standard InChI is InChI=1S/C17H24N4O3/c1-17(10-24-11-17)16(23)18-8-13-7-14-9-20(5-6-21(14)19-13)15(22)12-3-2-4-12/h7,12H,2-6,8-11H2,1H3,(H,18,23). The van der Waals surface area contributed by atoms with Crippen LogP contribution in [0.3, 0.4) is 0 Å². The molecule has 1 N–H and O–H groups in total. The average Bonchev–Trinajstić information content (AvgIpc) is 2.90. The third-order valence-electron chi connectivity index (χ3n) is 5.43. The molecule has 0 aromatic carbocycles. The SMILES string of the molecule is CC1(C(=O)NCc2cc3n(n2)CCN(C(=O)C2CCC2)C3)COC1. The maximum Gasteiger partial charge on any atom is 0.230 e. The minimum Gasteiger partial charge on any atom is -0.379 e. The number of hydrogen-bond acceptors (Lipinski definition) is 4. The Morgan fingerprint density at radius 3 is 2.79 bits per heavy atom. The molecule has 2 amide bonds. The van der Waals surface area contributed by atoms with Crippen LogP contribution in [0.5, 0.6) is 0 Å². The van der Waals surface area contributed by atoms with Crippen LogP contribution >= 0.6 is 0 Å². The molecule has 3 heterocycles. The van der Waals surface area contributed by atoms with Crippen LogP contribution < -0.4 is 5.32 Å². The van der Waals surface area contributed by atoms with Crippen LogP contribution in [0.2, 0.25) is 0 Å². The molecule has 1 aliphatic carbocycles. The third-order valence-corrected chi connectivity index (χ3v) is 5.43. The molecule has 1 aromatic heterocycles. The Bertz CT molecular complexity index is 661. The number of aromatic nitrogens is 2. The minimum absolute atomic E-state index is 0.0153. The minimum atomic E-state index is -0.397. The molecular weight excluding hydrogens is 308 g/mol. The van der Waals surface area contributed by atoms with Gasteiger partial charge in [-0.2, -0.15) is 5.10 Å². The Balaban J connectivity index is 1.35. The van der Waals surface area contributed by atoms with E-state index in [0.717, 1.165) is 37.3 Å². The summed E-state index contributed by atoms with van der Waals surface area (Å²) in [5.74, 6) is 0.548. The van der Waals surface area contributed by atoms with Crippen molar-refractivity contribution < 1.29 is 14.3 Å². The molecular formula is C17H24N4O3. The predicted octanol–water partition coefficient (Wildman–Crippen LogP) is 0.678. The molecule has 1 saturated heterocycles. The zero-order valence-electron chi connectivity index (χ0n) is 14.1. The fraction of sp³-hybridized carbons (Fsp3) is 0.706. The average molecular weight is 332 g/mol. The van der Waals surface area contributed by atoms with E-state index in [0.29, 0.717) is 32.2 Å². The Kier molecular flexibility index (Phi) is 3.83. The van der Waals surface area contributed by atoms with Gasteiger partial charge in [-0.15, -0.1) is 0 Å². The lowest BCUT2D eigenvalue weighted by molar-refractivity contribution is -0.157. The summed E-state index contributed by atoms with van der Waals surface area (Å²) in [5.41, 5.74) is 1.50. The van der Waals surface area contributed by atoms with Gasteiger partial charge in [0.05, 0.1) is 49.7 Å². The van der Waals surface area contributed by atoms with Gasteiger partial charge in [-0.1, -0.05) is 6.42 Å². The molecule has 2 fully saturated rings. The lowest BCUT2D eigenvalue weighted by Crippen LogP contribution is -2.51. The van der Waals surface area contributed by atoms with Crippen LogP contribution in [0, 0.1) is 11.3 Å². The van der Waals surface area contributed by atoms with Crippen LogP contribution in [0.1, 0.15) is 37.6 Å². The number of fused-ring (bicyclic) bond motifs is 1. The number of nitrogens with one attached hydrogen (secondary N) is 1. The fourth-order valence-corrected chi connectivity index (χ4v) is 3.44.